The molecule has 10 heteroatoms. The molecule has 3 rings (SSSR count). The highest BCUT2D eigenvalue weighted by Gasteiger charge is 2.20. The van der Waals surface area contributed by atoms with Gasteiger partial charge in [0.15, 0.2) is 0 Å². The summed E-state index contributed by atoms with van der Waals surface area (Å²) in [7, 11) is -3.43. The summed E-state index contributed by atoms with van der Waals surface area (Å²) >= 11 is 1.51. The first-order valence-electron chi connectivity index (χ1n) is 9.55. The maximum Gasteiger partial charge on any atom is 0.246 e. The Balaban J connectivity index is 1.57. The van der Waals surface area contributed by atoms with Gasteiger partial charge in [0, 0.05) is 19.5 Å². The van der Waals surface area contributed by atoms with Gasteiger partial charge in [-0.15, -0.1) is 11.3 Å². The molecule has 0 atom stereocenters. The van der Waals surface area contributed by atoms with Crippen LogP contribution >= 0.6 is 11.3 Å². The van der Waals surface area contributed by atoms with Gasteiger partial charge in [0.1, 0.15) is 0 Å². The third kappa shape index (κ3) is 5.67. The second-order valence-corrected chi connectivity index (χ2v) is 9.53. The second kappa shape index (κ2) is 9.86. The molecule has 0 saturated carbocycles. The Labute approximate surface area is 180 Å². The molecule has 0 saturated heterocycles. The van der Waals surface area contributed by atoms with Gasteiger partial charge >= 0.3 is 0 Å². The first kappa shape index (κ1) is 22.0. The molecule has 0 bridgehead atoms. The van der Waals surface area contributed by atoms with Crippen LogP contribution in [0.2, 0.25) is 0 Å². The molecule has 160 valence electrons. The maximum atomic E-state index is 12.7. The Kier molecular flexibility index (Phi) is 7.22. The van der Waals surface area contributed by atoms with Gasteiger partial charge in [-0.2, -0.15) is 4.98 Å². The predicted octanol–water partition coefficient (Wildman–Crippen LogP) is 3.39. The Bertz CT molecular complexity index is 1050. The van der Waals surface area contributed by atoms with Gasteiger partial charge in [-0.05, 0) is 36.9 Å². The highest BCUT2D eigenvalue weighted by Crippen LogP contribution is 2.22. The number of hydrogen-bond acceptors (Lipinski definition) is 7. The number of rotatable bonds is 10. The average molecular weight is 449 g/mol. The van der Waals surface area contributed by atoms with Crippen molar-refractivity contribution in [3.05, 3.63) is 53.7 Å². The topological polar surface area (TPSA) is 96.6 Å². The largest absolute Gasteiger partial charge is 0.337 e. The minimum absolute atomic E-state index is 0.0881. The lowest BCUT2D eigenvalue weighted by atomic mass is 10.2. The Morgan fingerprint density at radius 2 is 1.93 bits per heavy atom. The minimum atomic E-state index is -3.43. The van der Waals surface area contributed by atoms with Crippen molar-refractivity contribution in [3.63, 3.8) is 0 Å². The first-order chi connectivity index (χ1) is 14.4. The summed E-state index contributed by atoms with van der Waals surface area (Å²) in [5.74, 6) is 0.792. The predicted molar refractivity (Wildman–Crippen MR) is 117 cm³/mol. The quantitative estimate of drug-likeness (QED) is 0.472. The molecule has 0 aliphatic heterocycles. The summed E-state index contributed by atoms with van der Waals surface area (Å²) < 4.78 is 30.9. The minimum Gasteiger partial charge on any atom is -0.337 e. The van der Waals surface area contributed by atoms with E-state index in [0.717, 1.165) is 4.88 Å². The summed E-state index contributed by atoms with van der Waals surface area (Å²) in [4.78, 5) is 19.5. The summed E-state index contributed by atoms with van der Waals surface area (Å²) in [5, 5.41) is 5.90. The Morgan fingerprint density at radius 1 is 1.17 bits per heavy atom. The normalized spacial score (nSPS) is 11.4. The Morgan fingerprint density at radius 3 is 2.57 bits per heavy atom. The number of hydrogen-bond donors (Lipinski definition) is 0. The zero-order valence-corrected chi connectivity index (χ0v) is 18.5. The average Bonchev–Trinajstić information content (AvgIpc) is 3.40. The van der Waals surface area contributed by atoms with Crippen molar-refractivity contribution in [2.24, 2.45) is 0 Å². The maximum absolute atomic E-state index is 12.7. The van der Waals surface area contributed by atoms with Crippen LogP contribution in [0.25, 0.3) is 10.7 Å². The summed E-state index contributed by atoms with van der Waals surface area (Å²) in [6.45, 7) is 2.82. The van der Waals surface area contributed by atoms with E-state index in [1.807, 2.05) is 30.5 Å². The van der Waals surface area contributed by atoms with Crippen LogP contribution in [0.15, 0.2) is 52.4 Å². The first-order valence-corrected chi connectivity index (χ1v) is 12.3. The number of benzene rings is 1. The molecule has 0 radical (unpaired) electrons. The van der Waals surface area contributed by atoms with E-state index in [0.29, 0.717) is 30.4 Å². The number of amides is 1. The zero-order valence-electron chi connectivity index (χ0n) is 16.9. The highest BCUT2D eigenvalue weighted by molar-refractivity contribution is 7.92. The van der Waals surface area contributed by atoms with Gasteiger partial charge in [0.25, 0.3) is 0 Å². The number of carbonyl (C=O) groups excluding carboxylic acids is 1. The van der Waals surface area contributed by atoms with Crippen LogP contribution in [-0.2, 0) is 21.4 Å². The lowest BCUT2D eigenvalue weighted by Gasteiger charge is -2.23. The molecule has 2 heterocycles. The third-order valence-corrected chi connectivity index (χ3v) is 6.53. The molecule has 1 amide bonds. The fraction of sp³-hybridized carbons (Fsp3) is 0.350. The van der Waals surface area contributed by atoms with Crippen LogP contribution in [0.1, 0.15) is 25.7 Å². The molecule has 1 aromatic carbocycles. The molecule has 0 aliphatic rings. The van der Waals surface area contributed by atoms with E-state index in [-0.39, 0.29) is 25.4 Å². The van der Waals surface area contributed by atoms with E-state index in [4.69, 9.17) is 4.52 Å². The molecule has 8 nitrogen and oxygen atoms in total. The number of sulfonamides is 1. The van der Waals surface area contributed by atoms with Crippen molar-refractivity contribution in [2.75, 3.05) is 23.7 Å². The smallest absolute Gasteiger partial charge is 0.246 e. The Hall–Kier alpha value is -2.72. The van der Waals surface area contributed by atoms with E-state index in [1.165, 1.54) is 21.9 Å². The SMILES string of the molecule is CCN(Cc1nc(-c2cccs2)no1)C(=O)CCCN(c1ccccc1)S(C)(=O)=O. The molecular formula is C20H24N4O4S2. The second-order valence-electron chi connectivity index (χ2n) is 6.67. The van der Waals surface area contributed by atoms with E-state index in [2.05, 4.69) is 10.1 Å². The molecular weight excluding hydrogens is 424 g/mol. The van der Waals surface area contributed by atoms with Crippen molar-refractivity contribution in [1.29, 1.82) is 0 Å². The number of nitrogens with zero attached hydrogens (tertiary/aromatic N) is 4. The standard InChI is InChI=1S/C20H24N4O4S2/c1-3-23(15-18-21-20(22-28-18)17-11-8-14-29-17)19(25)12-7-13-24(30(2,26)27)16-9-5-4-6-10-16/h4-6,8-11,14H,3,7,12-13,15H2,1-2H3. The van der Waals surface area contributed by atoms with E-state index < -0.39 is 10.0 Å². The third-order valence-electron chi connectivity index (χ3n) is 4.47. The molecule has 2 aromatic heterocycles. The zero-order chi connectivity index (χ0) is 21.6. The number of anilines is 1. The van der Waals surface area contributed by atoms with Gasteiger partial charge in [-0.25, -0.2) is 8.42 Å². The van der Waals surface area contributed by atoms with Crippen LogP contribution in [-0.4, -0.2) is 48.7 Å². The summed E-state index contributed by atoms with van der Waals surface area (Å²) in [6, 6.07) is 12.7. The van der Waals surface area contributed by atoms with E-state index in [1.54, 1.807) is 29.2 Å². The molecule has 30 heavy (non-hydrogen) atoms. The number of aromatic nitrogens is 2. The van der Waals surface area contributed by atoms with Crippen molar-refractivity contribution >= 4 is 33.0 Å². The van der Waals surface area contributed by atoms with Gasteiger partial charge in [-0.1, -0.05) is 29.4 Å². The van der Waals surface area contributed by atoms with Crippen molar-refractivity contribution in [1.82, 2.24) is 15.0 Å². The van der Waals surface area contributed by atoms with Crippen LogP contribution in [0.3, 0.4) is 0 Å². The number of para-hydroxylation sites is 1. The molecule has 0 aliphatic carbocycles. The summed E-state index contributed by atoms with van der Waals surface area (Å²) in [6.07, 6.45) is 1.79. The van der Waals surface area contributed by atoms with Crippen molar-refractivity contribution in [2.45, 2.75) is 26.3 Å². The van der Waals surface area contributed by atoms with E-state index >= 15 is 0 Å². The van der Waals surface area contributed by atoms with Gasteiger partial charge in [0.2, 0.25) is 27.6 Å². The van der Waals surface area contributed by atoms with Crippen LogP contribution in [0.4, 0.5) is 5.69 Å². The lowest BCUT2D eigenvalue weighted by Crippen LogP contribution is -2.33. The fourth-order valence-corrected chi connectivity index (χ4v) is 4.59. The molecule has 0 spiro atoms. The number of thiophene rings is 1. The summed E-state index contributed by atoms with van der Waals surface area (Å²) in [5.41, 5.74) is 0.590. The van der Waals surface area contributed by atoms with Gasteiger partial charge < -0.3 is 9.42 Å². The highest BCUT2D eigenvalue weighted by atomic mass is 32.2. The van der Waals surface area contributed by atoms with Crippen molar-refractivity contribution in [3.8, 4) is 10.7 Å². The van der Waals surface area contributed by atoms with Crippen LogP contribution in [0, 0.1) is 0 Å². The van der Waals surface area contributed by atoms with Crippen molar-refractivity contribution < 1.29 is 17.7 Å². The molecule has 3 aromatic rings. The monoisotopic (exact) mass is 448 g/mol. The lowest BCUT2D eigenvalue weighted by molar-refractivity contribution is -0.132. The van der Waals surface area contributed by atoms with Crippen LogP contribution < -0.4 is 4.31 Å². The number of carbonyl (C=O) groups is 1. The fourth-order valence-electron chi connectivity index (χ4n) is 2.98. The van der Waals surface area contributed by atoms with Gasteiger partial charge in [-0.3, -0.25) is 9.10 Å². The van der Waals surface area contributed by atoms with E-state index in [9.17, 15) is 13.2 Å². The molecule has 0 unspecified atom stereocenters. The van der Waals surface area contributed by atoms with Gasteiger partial charge in [0.05, 0.1) is 23.4 Å². The van der Waals surface area contributed by atoms with Crippen LogP contribution in [0.5, 0.6) is 0 Å². The molecule has 0 fully saturated rings. The molecule has 0 N–H and O–H groups in total.